The number of nitrogens with one attached hydrogen (secondary N) is 7. The van der Waals surface area contributed by atoms with Crippen LogP contribution < -0.4 is 60.2 Å². The molecule has 0 aromatic carbocycles. The highest BCUT2D eigenvalue weighted by Gasteiger charge is 2.30. The number of aliphatic hydroxyl groups is 1. The summed E-state index contributed by atoms with van der Waals surface area (Å²) in [6.07, 6.45) is 0.945. The molecule has 5 atom stereocenters. The van der Waals surface area contributed by atoms with E-state index in [4.69, 9.17) is 28.0 Å². The first kappa shape index (κ1) is 45.6. The summed E-state index contributed by atoms with van der Waals surface area (Å²) in [5, 5.41) is 26.0. The lowest BCUT2D eigenvalue weighted by molar-refractivity contribution is -0.134. The SMILES string of the molecule is CC(=O)NCCCC[C@H](NC(=O)[C@H](CCCN=C(N)N)NC(=O)CNC(=O)[C@@H](N)CO)C(=O)N[C@@H](C)C(=O)N[C@@H](CCC(N)=O)C(=O)NCC=O. The van der Waals surface area contributed by atoms with Crippen molar-refractivity contribution in [3.8, 4) is 0 Å². The maximum absolute atomic E-state index is 13.5. The number of hydrogen-bond acceptors (Lipinski definition) is 12. The maximum atomic E-state index is 13.5. The fourth-order valence-electron chi connectivity index (χ4n) is 4.18. The van der Waals surface area contributed by atoms with Crippen LogP contribution >= 0.6 is 0 Å². The molecule has 0 aliphatic rings. The zero-order valence-corrected chi connectivity index (χ0v) is 28.8. The Balaban J connectivity index is 5.92. The molecule has 0 bridgehead atoms. The second kappa shape index (κ2) is 25.6. The molecule has 8 amide bonds. The standard InChI is InChI=1S/C29H52N12O10/c1-16(24(47)40-21(8-9-22(31)45)26(49)35-12-13-42)38-27(50)20(6-3-4-10-34-17(2)44)41-28(51)19(7-5-11-36-29(32)33)39-23(46)14-37-25(48)18(30)15-43/h13,16,18-21,43H,3-12,14-15,30H2,1-2H3,(H2,31,45)(H,34,44)(H,35,49)(H,37,48)(H,38,50)(H,39,46)(H,40,47)(H,41,51)(H4,32,33,36)/t16-,18-,19-,20-,21-/m0/s1. The zero-order chi connectivity index (χ0) is 38.9. The number of guanidine groups is 1. The van der Waals surface area contributed by atoms with Gasteiger partial charge in [0.2, 0.25) is 47.3 Å². The Kier molecular flexibility index (Phi) is 22.9. The Morgan fingerprint density at radius 3 is 1.90 bits per heavy atom. The van der Waals surface area contributed by atoms with E-state index in [-0.39, 0.29) is 63.6 Å². The molecule has 288 valence electrons. The van der Waals surface area contributed by atoms with Crippen LogP contribution in [0.4, 0.5) is 0 Å². The van der Waals surface area contributed by atoms with Gasteiger partial charge in [-0.3, -0.25) is 43.3 Å². The van der Waals surface area contributed by atoms with Gasteiger partial charge < -0.3 is 70.1 Å². The molecular weight excluding hydrogens is 676 g/mol. The van der Waals surface area contributed by atoms with Gasteiger partial charge in [0.15, 0.2) is 5.96 Å². The number of aliphatic imine (C=N–C) groups is 1. The number of hydrogen-bond donors (Lipinski definition) is 12. The summed E-state index contributed by atoms with van der Waals surface area (Å²) < 4.78 is 0. The largest absolute Gasteiger partial charge is 0.394 e. The van der Waals surface area contributed by atoms with Crippen LogP contribution in [0.2, 0.25) is 0 Å². The fraction of sp³-hybridized carbons (Fsp3) is 0.655. The number of amides is 8. The van der Waals surface area contributed by atoms with E-state index in [1.807, 2.05) is 0 Å². The van der Waals surface area contributed by atoms with Crippen LogP contribution in [0.3, 0.4) is 0 Å². The van der Waals surface area contributed by atoms with E-state index in [2.05, 4.69) is 42.2 Å². The fourth-order valence-corrected chi connectivity index (χ4v) is 4.18. The second-order valence-corrected chi connectivity index (χ2v) is 11.3. The van der Waals surface area contributed by atoms with Gasteiger partial charge in [-0.05, 0) is 45.4 Å². The Hall–Kier alpha value is -5.38. The summed E-state index contributed by atoms with van der Waals surface area (Å²) in [5.41, 5.74) is 21.3. The van der Waals surface area contributed by atoms with Gasteiger partial charge in [0, 0.05) is 26.4 Å². The summed E-state index contributed by atoms with van der Waals surface area (Å²) in [6.45, 7) is 1.42. The van der Waals surface area contributed by atoms with Crippen LogP contribution in [0, 0.1) is 0 Å². The molecule has 22 nitrogen and oxygen atoms in total. The van der Waals surface area contributed by atoms with E-state index < -0.39 is 84.7 Å². The summed E-state index contributed by atoms with van der Waals surface area (Å²) in [6, 6.07) is -6.31. The number of aliphatic hydroxyl groups excluding tert-OH is 1. The first-order chi connectivity index (χ1) is 24.0. The molecular formula is C29H52N12O10. The molecule has 0 saturated carbocycles. The van der Waals surface area contributed by atoms with Gasteiger partial charge in [0.05, 0.1) is 19.7 Å². The van der Waals surface area contributed by atoms with E-state index in [1.54, 1.807) is 0 Å². The molecule has 0 aromatic rings. The van der Waals surface area contributed by atoms with Gasteiger partial charge in [-0.15, -0.1) is 0 Å². The van der Waals surface area contributed by atoms with Crippen LogP contribution in [-0.2, 0) is 43.2 Å². The van der Waals surface area contributed by atoms with Gasteiger partial charge in [-0.2, -0.15) is 0 Å². The van der Waals surface area contributed by atoms with Crippen molar-refractivity contribution in [1.82, 2.24) is 37.2 Å². The van der Waals surface area contributed by atoms with E-state index in [1.165, 1.54) is 13.8 Å². The number of carbonyl (C=O) groups is 9. The number of unbranched alkanes of at least 4 members (excludes halogenated alkanes) is 1. The minimum Gasteiger partial charge on any atom is -0.394 e. The molecule has 0 spiro atoms. The quantitative estimate of drug-likeness (QED) is 0.0171. The summed E-state index contributed by atoms with van der Waals surface area (Å²) in [7, 11) is 0. The molecule has 51 heavy (non-hydrogen) atoms. The van der Waals surface area contributed by atoms with E-state index in [9.17, 15) is 43.2 Å². The second-order valence-electron chi connectivity index (χ2n) is 11.3. The highest BCUT2D eigenvalue weighted by Crippen LogP contribution is 2.06. The summed E-state index contributed by atoms with van der Waals surface area (Å²) in [5.74, 6) is -6.00. The molecule has 0 radical (unpaired) electrons. The van der Waals surface area contributed by atoms with Crippen molar-refractivity contribution in [2.24, 2.45) is 27.9 Å². The van der Waals surface area contributed by atoms with Crippen LogP contribution in [0.5, 0.6) is 0 Å². The smallest absolute Gasteiger partial charge is 0.243 e. The minimum absolute atomic E-state index is 0.00695. The predicted molar refractivity (Wildman–Crippen MR) is 181 cm³/mol. The Morgan fingerprint density at radius 1 is 0.725 bits per heavy atom. The molecule has 0 saturated heterocycles. The number of rotatable bonds is 26. The van der Waals surface area contributed by atoms with Crippen molar-refractivity contribution in [3.63, 3.8) is 0 Å². The lowest BCUT2D eigenvalue weighted by atomic mass is 10.1. The Morgan fingerprint density at radius 2 is 1.31 bits per heavy atom. The van der Waals surface area contributed by atoms with Crippen molar-refractivity contribution in [3.05, 3.63) is 0 Å². The molecule has 22 heteroatoms. The van der Waals surface area contributed by atoms with Gasteiger partial charge in [-0.25, -0.2) is 0 Å². The lowest BCUT2D eigenvalue weighted by Gasteiger charge is -2.25. The number of primary amides is 1. The molecule has 0 aliphatic heterocycles. The monoisotopic (exact) mass is 728 g/mol. The normalized spacial score (nSPS) is 13.4. The number of carbonyl (C=O) groups excluding carboxylic acids is 9. The van der Waals surface area contributed by atoms with Crippen molar-refractivity contribution in [2.45, 2.75) is 89.0 Å². The van der Waals surface area contributed by atoms with E-state index in [0.717, 1.165) is 0 Å². The average Bonchev–Trinajstić information content (AvgIpc) is 3.07. The third kappa shape index (κ3) is 21.3. The molecule has 0 fully saturated rings. The van der Waals surface area contributed by atoms with Crippen molar-refractivity contribution in [1.29, 1.82) is 0 Å². The highest BCUT2D eigenvalue weighted by molar-refractivity contribution is 5.96. The molecule has 0 aliphatic carbocycles. The third-order valence-electron chi connectivity index (χ3n) is 6.90. The van der Waals surface area contributed by atoms with Gasteiger partial charge in [-0.1, -0.05) is 0 Å². The Bertz CT molecular complexity index is 1240. The predicted octanol–water partition coefficient (Wildman–Crippen LogP) is -6.68. The average molecular weight is 729 g/mol. The topological polar surface area (TPSA) is 375 Å². The number of aldehydes is 1. The first-order valence-electron chi connectivity index (χ1n) is 16.2. The summed E-state index contributed by atoms with van der Waals surface area (Å²) in [4.78, 5) is 114. The molecule has 0 heterocycles. The Labute approximate surface area is 294 Å². The lowest BCUT2D eigenvalue weighted by Crippen LogP contribution is -2.58. The van der Waals surface area contributed by atoms with Crippen molar-refractivity contribution in [2.75, 3.05) is 32.8 Å². The first-order valence-corrected chi connectivity index (χ1v) is 16.2. The summed E-state index contributed by atoms with van der Waals surface area (Å²) >= 11 is 0. The van der Waals surface area contributed by atoms with Gasteiger partial charge in [0.25, 0.3) is 0 Å². The number of nitrogens with zero attached hydrogens (tertiary/aromatic N) is 1. The highest BCUT2D eigenvalue weighted by atomic mass is 16.3. The minimum atomic E-state index is -1.27. The van der Waals surface area contributed by atoms with Crippen LogP contribution in [0.1, 0.15) is 58.8 Å². The van der Waals surface area contributed by atoms with Crippen LogP contribution in [-0.4, -0.2) is 128 Å². The van der Waals surface area contributed by atoms with Crippen molar-refractivity contribution < 1.29 is 48.3 Å². The van der Waals surface area contributed by atoms with Crippen LogP contribution in [0.15, 0.2) is 4.99 Å². The zero-order valence-electron chi connectivity index (χ0n) is 28.8. The maximum Gasteiger partial charge on any atom is 0.243 e. The van der Waals surface area contributed by atoms with Gasteiger partial charge in [0.1, 0.15) is 36.5 Å². The molecule has 16 N–H and O–H groups in total. The van der Waals surface area contributed by atoms with E-state index >= 15 is 0 Å². The van der Waals surface area contributed by atoms with Crippen LogP contribution in [0.25, 0.3) is 0 Å². The molecule has 0 aromatic heterocycles. The number of nitrogens with two attached hydrogens (primary N) is 4. The molecule has 0 rings (SSSR count). The third-order valence-corrected chi connectivity index (χ3v) is 6.90. The molecule has 0 unspecified atom stereocenters. The van der Waals surface area contributed by atoms with Gasteiger partial charge >= 0.3 is 0 Å². The van der Waals surface area contributed by atoms with E-state index in [0.29, 0.717) is 19.1 Å². The van der Waals surface area contributed by atoms with Crippen molar-refractivity contribution >= 4 is 59.5 Å².